The first kappa shape index (κ1) is 72.5. The Bertz CT molecular complexity index is 6120. The molecule has 3 aliphatic rings. The lowest BCUT2D eigenvalue weighted by Gasteiger charge is -2.31. The summed E-state index contributed by atoms with van der Waals surface area (Å²) in [5.41, 5.74) is 14.4. The minimum absolute atomic E-state index is 0.00476. The number of halogens is 3. The van der Waals surface area contributed by atoms with Crippen LogP contribution in [0.15, 0.2) is 188 Å². The Morgan fingerprint density at radius 2 is 0.835 bits per heavy atom. The zero-order chi connectivity index (χ0) is 75.7. The first-order valence-corrected chi connectivity index (χ1v) is 36.0. The van der Waals surface area contributed by atoms with Crippen molar-refractivity contribution in [2.24, 2.45) is 5.73 Å². The van der Waals surface area contributed by atoms with Crippen molar-refractivity contribution in [2.75, 3.05) is 14.2 Å². The van der Waals surface area contributed by atoms with E-state index in [0.717, 1.165) is 127 Å². The topological polar surface area (TPSA) is 349 Å². The maximum Gasteiger partial charge on any atom is 0.345 e. The van der Waals surface area contributed by atoms with Crippen LogP contribution in [0.3, 0.4) is 0 Å². The highest BCUT2D eigenvalue weighted by atomic mass is 19.1. The van der Waals surface area contributed by atoms with E-state index in [-0.39, 0.29) is 87.8 Å². The number of aldehydes is 1. The molecule has 0 amide bonds. The van der Waals surface area contributed by atoms with Crippen molar-refractivity contribution in [1.82, 2.24) is 54.2 Å². The highest BCUT2D eigenvalue weighted by Gasteiger charge is 2.28. The molecule has 18 rings (SSSR count). The number of nitrogens with zero attached hydrogens (tertiary/aromatic N) is 6. The van der Waals surface area contributed by atoms with Gasteiger partial charge in [-0.25, -0.2) is 27.6 Å². The fourth-order valence-electron chi connectivity index (χ4n) is 15.5. The molecule has 0 saturated heterocycles. The number of benzene rings is 3. The Kier molecular flexibility index (Phi) is 20.6. The minimum Gasteiger partial charge on any atom is -0.495 e. The van der Waals surface area contributed by atoms with Crippen LogP contribution in [0.2, 0.25) is 0 Å². The molecule has 15 aromatic rings. The second kappa shape index (κ2) is 31.0. The molecule has 0 radical (unpaired) electrons. The molecule has 3 aliphatic carbocycles. The van der Waals surface area contributed by atoms with E-state index >= 15 is 0 Å². The monoisotopic (exact) mass is 1480 g/mol. The Morgan fingerprint density at radius 1 is 0.468 bits per heavy atom. The predicted octanol–water partition coefficient (Wildman–Crippen LogP) is 12.4. The number of aromatic amines is 3. The molecule has 3 saturated carbocycles. The van der Waals surface area contributed by atoms with E-state index in [4.69, 9.17) is 28.5 Å². The van der Waals surface area contributed by atoms with Gasteiger partial charge in [0.05, 0.1) is 105 Å². The molecule has 109 heavy (non-hydrogen) atoms. The lowest BCUT2D eigenvalue weighted by atomic mass is 9.90. The summed E-state index contributed by atoms with van der Waals surface area (Å²) in [6.07, 6.45) is 16.3. The van der Waals surface area contributed by atoms with Gasteiger partial charge in [0.25, 0.3) is 16.7 Å². The van der Waals surface area contributed by atoms with Gasteiger partial charge in [-0.15, -0.1) is 0 Å². The molecule has 25 nitrogen and oxygen atoms in total. The van der Waals surface area contributed by atoms with E-state index in [9.17, 15) is 51.8 Å². The number of fused-ring (bicyclic) bond motifs is 12. The van der Waals surface area contributed by atoms with Crippen molar-refractivity contribution in [2.45, 2.75) is 133 Å². The van der Waals surface area contributed by atoms with Gasteiger partial charge >= 0.3 is 16.9 Å². The van der Waals surface area contributed by atoms with Crippen LogP contribution in [-0.2, 0) is 19.7 Å². The van der Waals surface area contributed by atoms with Gasteiger partial charge in [-0.05, 0) is 180 Å². The van der Waals surface area contributed by atoms with E-state index in [2.05, 4.69) is 40.5 Å². The maximum atomic E-state index is 13.8. The first-order valence-electron chi connectivity index (χ1n) is 36.0. The highest BCUT2D eigenvalue weighted by molar-refractivity contribution is 6.05. The van der Waals surface area contributed by atoms with Gasteiger partial charge in [0.2, 0.25) is 0 Å². The number of rotatable bonds is 13. The van der Waals surface area contributed by atoms with Crippen LogP contribution in [0.5, 0.6) is 11.5 Å². The lowest BCUT2D eigenvalue weighted by Crippen LogP contribution is -2.35. The zero-order valence-electron chi connectivity index (χ0n) is 59.2. The number of nitrogens with one attached hydrogen (secondary N) is 5. The Hall–Kier alpha value is -12.1. The number of carbonyl (C=O) groups excluding carboxylic acids is 1. The summed E-state index contributed by atoms with van der Waals surface area (Å²) in [7, 11) is 3.18. The third-order valence-electron chi connectivity index (χ3n) is 21.0. The van der Waals surface area contributed by atoms with Crippen LogP contribution in [0.25, 0.3) is 98.7 Å². The van der Waals surface area contributed by atoms with E-state index in [1.54, 1.807) is 81.3 Å². The molecule has 12 aromatic heterocycles. The molecule has 558 valence electrons. The number of pyridine rings is 6. The average molecular weight is 1480 g/mol. The zero-order valence-corrected chi connectivity index (χ0v) is 59.2. The summed E-state index contributed by atoms with van der Waals surface area (Å²) in [5, 5.41) is 19.0. The second-order valence-electron chi connectivity index (χ2n) is 27.8. The van der Waals surface area contributed by atoms with Crippen LogP contribution in [0.4, 0.5) is 13.2 Å². The summed E-state index contributed by atoms with van der Waals surface area (Å²) < 4.78 is 72.6. The quantitative estimate of drug-likeness (QED) is 0.0416. The molecule has 12 heterocycles. The van der Waals surface area contributed by atoms with E-state index in [1.165, 1.54) is 60.7 Å². The number of hydrogen-bond acceptors (Lipinski definition) is 19. The summed E-state index contributed by atoms with van der Waals surface area (Å²) in [4.78, 5) is 107. The van der Waals surface area contributed by atoms with Crippen molar-refractivity contribution in [3.8, 4) is 11.5 Å². The van der Waals surface area contributed by atoms with Gasteiger partial charge in [-0.1, -0.05) is 0 Å². The summed E-state index contributed by atoms with van der Waals surface area (Å²) in [6, 6.07) is 33.7. The van der Waals surface area contributed by atoms with Crippen LogP contribution in [-0.4, -0.2) is 87.3 Å². The number of aromatic nitrogens is 9. The van der Waals surface area contributed by atoms with Gasteiger partial charge in [0.15, 0.2) is 6.29 Å². The van der Waals surface area contributed by atoms with E-state index in [0.29, 0.717) is 85.5 Å². The van der Waals surface area contributed by atoms with Crippen LogP contribution in [0.1, 0.15) is 123 Å². The summed E-state index contributed by atoms with van der Waals surface area (Å²) in [6.45, 7) is 1.01. The smallest absolute Gasteiger partial charge is 0.345 e. The Balaban J connectivity index is 0.000000121. The SMILES string of the molecule is COc1cnc2ccc(=O)n(C3CCC(NCc4cc5c(=O)oc6ccc(F)cc6c5[nH]4)CC3)c2c1.COc1cnc2ccc(=O)n(C3CCC(NCc4cc5c(=O)oc6ccc(F)cc6c5[nH]4)CC3)c2c1.NC1CCC(n2c(=O)ccc3ncc(CO)cc32)CC1.O=Cc1cc2c(=O)oc3ccc(F)cc3c2[nH]1. The van der Waals surface area contributed by atoms with Gasteiger partial charge in [0, 0.05) is 113 Å². The molecule has 0 bridgehead atoms. The predicted molar refractivity (Wildman–Crippen MR) is 407 cm³/mol. The molecule has 0 unspecified atom stereocenters. The molecule has 0 atom stereocenters. The van der Waals surface area contributed by atoms with Crippen molar-refractivity contribution in [3.05, 3.63) is 248 Å². The van der Waals surface area contributed by atoms with Crippen molar-refractivity contribution >= 4 is 105 Å². The van der Waals surface area contributed by atoms with Gasteiger partial charge in [-0.3, -0.25) is 34.1 Å². The van der Waals surface area contributed by atoms with E-state index in [1.807, 2.05) is 31.9 Å². The molecule has 3 fully saturated rings. The number of hydrogen-bond donors (Lipinski definition) is 7. The first-order chi connectivity index (χ1) is 52.9. The normalized spacial score (nSPS) is 18.0. The highest BCUT2D eigenvalue weighted by Crippen LogP contribution is 2.35. The third kappa shape index (κ3) is 15.1. The number of aliphatic hydroxyl groups is 1. The number of methoxy groups -OCH3 is 2. The van der Waals surface area contributed by atoms with Crippen LogP contribution < -0.4 is 59.4 Å². The van der Waals surface area contributed by atoms with Gasteiger partial charge in [0.1, 0.15) is 45.7 Å². The fourth-order valence-corrected chi connectivity index (χ4v) is 15.5. The lowest BCUT2D eigenvalue weighted by molar-refractivity contribution is 0.111. The van der Waals surface area contributed by atoms with Gasteiger partial charge in [-0.2, -0.15) is 0 Å². The van der Waals surface area contributed by atoms with Crippen molar-refractivity contribution in [3.63, 3.8) is 0 Å². The average Bonchev–Trinajstić information content (AvgIpc) is 1.64. The minimum atomic E-state index is -0.552. The maximum absolute atomic E-state index is 13.8. The molecule has 28 heteroatoms. The third-order valence-corrected chi connectivity index (χ3v) is 21.0. The van der Waals surface area contributed by atoms with Crippen LogP contribution >= 0.6 is 0 Å². The number of carbonyl (C=O) groups is 1. The van der Waals surface area contributed by atoms with Crippen molar-refractivity contribution < 1.29 is 45.8 Å². The van der Waals surface area contributed by atoms with Crippen molar-refractivity contribution in [1.29, 1.82) is 0 Å². The molecule has 0 aliphatic heterocycles. The molecule has 8 N–H and O–H groups in total. The second-order valence-corrected chi connectivity index (χ2v) is 27.8. The molecule has 0 spiro atoms. The van der Waals surface area contributed by atoms with Crippen LogP contribution in [0, 0.1) is 17.5 Å². The number of aliphatic hydroxyl groups excluding tert-OH is 1. The fraction of sp³-hybridized carbons (Fsp3) is 0.284. The molecular formula is C81H75F3N12O13. The molecule has 3 aromatic carbocycles. The Morgan fingerprint density at radius 3 is 1.22 bits per heavy atom. The summed E-state index contributed by atoms with van der Waals surface area (Å²) >= 11 is 0. The number of nitrogens with two attached hydrogens (primary N) is 1. The standard InChI is InChI=1S/2C27H25FN4O4.C15H19N3O2.C12H6FNO3/c2*1-35-19-12-23-22(30-14-19)7-9-25(33)32(23)18-5-3-16(4-6-18)29-13-17-11-21-26(31-17)20-10-15(28)2-8-24(20)36-27(21)34;16-11-1-3-12(4-2-11)18-14-7-10(9-19)8-17-13(14)5-6-15(18)20;13-6-1-2-10-8(3-6)11-9(12(16)17-10)4-7(5-15)14-11/h2*2,7-12,14,16,18,29,31H,3-6,13H2,1H3;5-8,11-12,19H,1-4,9,16H2;1-5,14H. The Labute approximate surface area is 615 Å². The summed E-state index contributed by atoms with van der Waals surface area (Å²) in [5.74, 6) is 0.0431. The van der Waals surface area contributed by atoms with Gasteiger partial charge < -0.3 is 72.9 Å². The van der Waals surface area contributed by atoms with E-state index < -0.39 is 22.7 Å². The molecular weight excluding hydrogens is 1410 g/mol. The number of H-pyrrole nitrogens is 3. The largest absolute Gasteiger partial charge is 0.495 e. The number of ether oxygens (including phenoxy) is 2.